The van der Waals surface area contributed by atoms with Crippen molar-refractivity contribution in [2.75, 3.05) is 6.54 Å². The van der Waals surface area contributed by atoms with Crippen LogP contribution in [-0.4, -0.2) is 20.9 Å². The number of fused-ring (bicyclic) bond motifs is 1. The topological polar surface area (TPSA) is 56.2 Å². The zero-order chi connectivity index (χ0) is 12.5. The molecule has 0 radical (unpaired) electrons. The highest BCUT2D eigenvalue weighted by molar-refractivity contribution is 7.15. The summed E-state index contributed by atoms with van der Waals surface area (Å²) >= 11 is 1.66. The molecule has 5 heteroatoms. The number of rotatable bonds is 3. The fraction of sp³-hybridized carbons (Fsp3) is 0.231. The Balaban J connectivity index is 2.25. The van der Waals surface area contributed by atoms with Crippen molar-refractivity contribution in [3.05, 3.63) is 41.3 Å². The number of aromatic nitrogens is 3. The second-order valence-corrected chi connectivity index (χ2v) is 5.02. The van der Waals surface area contributed by atoms with E-state index in [0.717, 1.165) is 22.6 Å². The highest BCUT2D eigenvalue weighted by Crippen LogP contribution is 2.27. The number of pyridine rings is 1. The summed E-state index contributed by atoms with van der Waals surface area (Å²) < 4.78 is 2.19. The molecule has 0 bridgehead atoms. The minimum atomic E-state index is 0.621. The minimum Gasteiger partial charge on any atom is -0.330 e. The highest BCUT2D eigenvalue weighted by Gasteiger charge is 2.15. The number of aryl methyl sites for hydroxylation is 1. The van der Waals surface area contributed by atoms with Crippen LogP contribution in [0.25, 0.3) is 16.2 Å². The molecule has 0 saturated carbocycles. The van der Waals surface area contributed by atoms with E-state index in [2.05, 4.69) is 21.7 Å². The van der Waals surface area contributed by atoms with E-state index in [1.807, 2.05) is 18.3 Å². The van der Waals surface area contributed by atoms with Crippen LogP contribution in [-0.2, 0) is 6.42 Å². The van der Waals surface area contributed by atoms with Crippen LogP contribution in [0.1, 0.15) is 11.4 Å². The van der Waals surface area contributed by atoms with Crippen molar-refractivity contribution < 1.29 is 0 Å². The van der Waals surface area contributed by atoms with Gasteiger partial charge >= 0.3 is 0 Å². The Morgan fingerprint density at radius 3 is 3.06 bits per heavy atom. The van der Waals surface area contributed by atoms with Crippen molar-refractivity contribution >= 4 is 16.3 Å². The predicted octanol–water partition coefficient (Wildman–Crippen LogP) is 2.27. The van der Waals surface area contributed by atoms with E-state index in [1.54, 1.807) is 17.5 Å². The largest absolute Gasteiger partial charge is 0.330 e. The lowest BCUT2D eigenvalue weighted by atomic mass is 10.1. The Hall–Kier alpha value is -1.72. The van der Waals surface area contributed by atoms with Crippen LogP contribution in [0, 0.1) is 6.92 Å². The smallest absolute Gasteiger partial charge is 0.194 e. The Labute approximate surface area is 109 Å². The van der Waals surface area contributed by atoms with E-state index in [0.29, 0.717) is 6.54 Å². The van der Waals surface area contributed by atoms with Crippen LogP contribution in [0.5, 0.6) is 0 Å². The van der Waals surface area contributed by atoms with E-state index >= 15 is 0 Å². The third-order valence-electron chi connectivity index (χ3n) is 2.95. The molecule has 0 aliphatic rings. The zero-order valence-corrected chi connectivity index (χ0v) is 10.9. The lowest BCUT2D eigenvalue weighted by Gasteiger charge is -2.03. The molecule has 3 rings (SSSR count). The maximum atomic E-state index is 5.72. The molecule has 0 unspecified atom stereocenters. The van der Waals surface area contributed by atoms with E-state index < -0.39 is 0 Å². The molecule has 18 heavy (non-hydrogen) atoms. The normalized spacial score (nSPS) is 11.2. The van der Waals surface area contributed by atoms with Crippen molar-refractivity contribution in [1.82, 2.24) is 14.4 Å². The summed E-state index contributed by atoms with van der Waals surface area (Å²) in [6.07, 6.45) is 4.44. The highest BCUT2D eigenvalue weighted by atomic mass is 32.1. The summed E-state index contributed by atoms with van der Waals surface area (Å²) in [6, 6.07) is 3.97. The molecule has 0 spiro atoms. The molecule has 2 N–H and O–H groups in total. The van der Waals surface area contributed by atoms with Crippen LogP contribution in [0.4, 0.5) is 0 Å². The van der Waals surface area contributed by atoms with Crippen LogP contribution in [0.3, 0.4) is 0 Å². The fourth-order valence-electron chi connectivity index (χ4n) is 2.17. The van der Waals surface area contributed by atoms with Gasteiger partial charge in [0.25, 0.3) is 0 Å². The second kappa shape index (κ2) is 4.51. The van der Waals surface area contributed by atoms with Crippen LogP contribution < -0.4 is 5.73 Å². The molecule has 0 saturated heterocycles. The molecule has 0 atom stereocenters. The average molecular weight is 258 g/mol. The van der Waals surface area contributed by atoms with Crippen molar-refractivity contribution in [1.29, 1.82) is 0 Å². The van der Waals surface area contributed by atoms with Gasteiger partial charge in [-0.05, 0) is 25.6 Å². The van der Waals surface area contributed by atoms with E-state index in [1.165, 1.54) is 11.4 Å². The first kappa shape index (κ1) is 11.4. The summed E-state index contributed by atoms with van der Waals surface area (Å²) in [6.45, 7) is 2.72. The van der Waals surface area contributed by atoms with Crippen molar-refractivity contribution in [2.45, 2.75) is 13.3 Å². The number of hydrogen-bond donors (Lipinski definition) is 1. The molecule has 0 fully saturated rings. The second-order valence-electron chi connectivity index (χ2n) is 4.18. The summed E-state index contributed by atoms with van der Waals surface area (Å²) in [5.74, 6) is 0. The SMILES string of the molecule is Cc1csc2nc(-c3cccnc3)c(CCN)n12. The van der Waals surface area contributed by atoms with Gasteiger partial charge in [0.2, 0.25) is 0 Å². The molecular weight excluding hydrogens is 244 g/mol. The molecule has 3 aromatic heterocycles. The molecule has 3 aromatic rings. The van der Waals surface area contributed by atoms with Gasteiger partial charge in [0, 0.05) is 35.5 Å². The first-order chi connectivity index (χ1) is 8.81. The van der Waals surface area contributed by atoms with Gasteiger partial charge in [-0.2, -0.15) is 0 Å². The molecule has 0 amide bonds. The number of thiazole rings is 1. The van der Waals surface area contributed by atoms with Gasteiger partial charge in [0.15, 0.2) is 4.96 Å². The summed E-state index contributed by atoms with van der Waals surface area (Å²) in [5.41, 5.74) is 10.2. The standard InChI is InChI=1S/C13H14N4S/c1-9-8-18-13-16-12(10-3-2-6-15-7-10)11(4-5-14)17(9)13/h2-3,6-8H,4-5,14H2,1H3. The lowest BCUT2D eigenvalue weighted by Crippen LogP contribution is -2.06. The van der Waals surface area contributed by atoms with Crippen LogP contribution in [0.2, 0.25) is 0 Å². The van der Waals surface area contributed by atoms with E-state index in [4.69, 9.17) is 10.7 Å². The van der Waals surface area contributed by atoms with Gasteiger partial charge in [0.05, 0.1) is 11.4 Å². The van der Waals surface area contributed by atoms with Crippen molar-refractivity contribution in [3.63, 3.8) is 0 Å². The van der Waals surface area contributed by atoms with Gasteiger partial charge in [-0.3, -0.25) is 9.38 Å². The monoisotopic (exact) mass is 258 g/mol. The number of hydrogen-bond acceptors (Lipinski definition) is 4. The quantitative estimate of drug-likeness (QED) is 0.784. The first-order valence-electron chi connectivity index (χ1n) is 5.87. The van der Waals surface area contributed by atoms with Gasteiger partial charge in [0.1, 0.15) is 0 Å². The van der Waals surface area contributed by atoms with Crippen LogP contribution >= 0.6 is 11.3 Å². The third-order valence-corrected chi connectivity index (χ3v) is 3.89. The number of nitrogens with zero attached hydrogens (tertiary/aromatic N) is 3. The Kier molecular flexibility index (Phi) is 2.85. The Morgan fingerprint density at radius 2 is 2.33 bits per heavy atom. The third kappa shape index (κ3) is 1.72. The maximum Gasteiger partial charge on any atom is 0.194 e. The molecule has 3 heterocycles. The zero-order valence-electron chi connectivity index (χ0n) is 10.1. The minimum absolute atomic E-state index is 0.621. The van der Waals surface area contributed by atoms with Crippen LogP contribution in [0.15, 0.2) is 29.9 Å². The molecule has 92 valence electrons. The van der Waals surface area contributed by atoms with Crippen molar-refractivity contribution in [3.8, 4) is 11.3 Å². The van der Waals surface area contributed by atoms with Gasteiger partial charge < -0.3 is 5.73 Å². The molecule has 0 aliphatic carbocycles. The summed E-state index contributed by atoms with van der Waals surface area (Å²) in [5, 5.41) is 2.12. The predicted molar refractivity (Wildman–Crippen MR) is 73.8 cm³/mol. The van der Waals surface area contributed by atoms with Crippen molar-refractivity contribution in [2.24, 2.45) is 5.73 Å². The lowest BCUT2D eigenvalue weighted by molar-refractivity contribution is 0.898. The Morgan fingerprint density at radius 1 is 1.44 bits per heavy atom. The Bertz CT molecular complexity index is 669. The summed E-state index contributed by atoms with van der Waals surface area (Å²) in [7, 11) is 0. The van der Waals surface area contributed by atoms with E-state index in [-0.39, 0.29) is 0 Å². The van der Waals surface area contributed by atoms with Gasteiger partial charge in [-0.25, -0.2) is 4.98 Å². The maximum absolute atomic E-state index is 5.72. The summed E-state index contributed by atoms with van der Waals surface area (Å²) in [4.78, 5) is 9.89. The molecule has 0 aromatic carbocycles. The first-order valence-corrected chi connectivity index (χ1v) is 6.75. The van der Waals surface area contributed by atoms with Gasteiger partial charge in [-0.15, -0.1) is 11.3 Å². The van der Waals surface area contributed by atoms with Gasteiger partial charge in [-0.1, -0.05) is 0 Å². The van der Waals surface area contributed by atoms with E-state index in [9.17, 15) is 0 Å². The molecule has 4 nitrogen and oxygen atoms in total. The molecule has 0 aliphatic heterocycles. The fourth-order valence-corrected chi connectivity index (χ4v) is 3.05. The number of nitrogens with two attached hydrogens (primary N) is 1. The number of imidazole rings is 1. The molecular formula is C13H14N4S. The average Bonchev–Trinajstić information content (AvgIpc) is 2.93.